The van der Waals surface area contributed by atoms with E-state index < -0.39 is 0 Å². The molecule has 2 aromatic rings. The monoisotopic (exact) mass is 281 g/mol. The number of nitrogens with zero attached hydrogens (tertiary/aromatic N) is 3. The Kier molecular flexibility index (Phi) is 4.42. The van der Waals surface area contributed by atoms with Crippen LogP contribution in [0.5, 0.6) is 0 Å². The first-order valence-electron chi connectivity index (χ1n) is 6.62. The molecule has 104 valence electrons. The molecule has 0 radical (unpaired) electrons. The summed E-state index contributed by atoms with van der Waals surface area (Å²) < 4.78 is 7.68. The standard InChI is InChI=1S/C14H20ClN3O/c1-5-19-10(3)8-18-13(11(4)15)17-12-7-6-9(2)16-14(12)18/h6-7,10-11H,5,8H2,1-4H3. The van der Waals surface area contributed by atoms with Crippen LogP contribution in [0.3, 0.4) is 0 Å². The van der Waals surface area contributed by atoms with E-state index in [1.54, 1.807) is 0 Å². The van der Waals surface area contributed by atoms with Gasteiger partial charge in [0, 0.05) is 12.3 Å². The Morgan fingerprint density at radius 2 is 2.05 bits per heavy atom. The first-order chi connectivity index (χ1) is 9.02. The van der Waals surface area contributed by atoms with Crippen molar-refractivity contribution in [2.45, 2.75) is 45.7 Å². The smallest absolute Gasteiger partial charge is 0.160 e. The van der Waals surface area contributed by atoms with E-state index in [1.165, 1.54) is 0 Å². The number of pyridine rings is 1. The molecule has 0 saturated carbocycles. The van der Waals surface area contributed by atoms with Gasteiger partial charge in [0.2, 0.25) is 0 Å². The molecule has 2 atom stereocenters. The summed E-state index contributed by atoms with van der Waals surface area (Å²) in [5.41, 5.74) is 2.75. The Morgan fingerprint density at radius 3 is 2.68 bits per heavy atom. The SMILES string of the molecule is CCOC(C)Cn1c(C(C)Cl)nc2ccc(C)nc21. The number of imidazole rings is 1. The molecule has 0 bridgehead atoms. The van der Waals surface area contributed by atoms with Gasteiger partial charge in [-0.1, -0.05) is 0 Å². The molecular weight excluding hydrogens is 262 g/mol. The molecule has 2 aromatic heterocycles. The summed E-state index contributed by atoms with van der Waals surface area (Å²) in [6, 6.07) is 3.95. The Morgan fingerprint density at radius 1 is 1.32 bits per heavy atom. The minimum atomic E-state index is -0.150. The van der Waals surface area contributed by atoms with Crippen molar-refractivity contribution in [3.8, 4) is 0 Å². The van der Waals surface area contributed by atoms with Gasteiger partial charge in [0.05, 0.1) is 18.0 Å². The zero-order chi connectivity index (χ0) is 14.0. The molecule has 19 heavy (non-hydrogen) atoms. The number of ether oxygens (including phenoxy) is 1. The lowest BCUT2D eigenvalue weighted by molar-refractivity contribution is 0.0641. The van der Waals surface area contributed by atoms with Gasteiger partial charge in [-0.2, -0.15) is 0 Å². The number of aryl methyl sites for hydroxylation is 1. The third-order valence-electron chi connectivity index (χ3n) is 3.01. The van der Waals surface area contributed by atoms with Crippen LogP contribution in [0.15, 0.2) is 12.1 Å². The number of hydrogen-bond acceptors (Lipinski definition) is 3. The minimum Gasteiger partial charge on any atom is -0.377 e. The van der Waals surface area contributed by atoms with E-state index in [2.05, 4.69) is 14.5 Å². The van der Waals surface area contributed by atoms with Crippen LogP contribution in [0.2, 0.25) is 0 Å². The second-order valence-corrected chi connectivity index (χ2v) is 5.41. The highest BCUT2D eigenvalue weighted by Gasteiger charge is 2.17. The van der Waals surface area contributed by atoms with Crippen molar-refractivity contribution in [2.24, 2.45) is 0 Å². The lowest BCUT2D eigenvalue weighted by Crippen LogP contribution is -2.18. The van der Waals surface area contributed by atoms with Crippen LogP contribution in [0.25, 0.3) is 11.2 Å². The van der Waals surface area contributed by atoms with Gasteiger partial charge in [0.25, 0.3) is 0 Å². The first kappa shape index (κ1) is 14.3. The summed E-state index contributed by atoms with van der Waals surface area (Å²) in [5, 5.41) is -0.150. The highest BCUT2D eigenvalue weighted by Crippen LogP contribution is 2.24. The topological polar surface area (TPSA) is 39.9 Å². The molecule has 0 aromatic carbocycles. The number of hydrogen-bond donors (Lipinski definition) is 0. The highest BCUT2D eigenvalue weighted by atomic mass is 35.5. The molecule has 0 aliphatic rings. The molecule has 0 amide bonds. The van der Waals surface area contributed by atoms with Crippen molar-refractivity contribution >= 4 is 22.8 Å². The van der Waals surface area contributed by atoms with Crippen molar-refractivity contribution in [2.75, 3.05) is 6.61 Å². The second-order valence-electron chi connectivity index (χ2n) is 4.76. The van der Waals surface area contributed by atoms with E-state index >= 15 is 0 Å². The minimum absolute atomic E-state index is 0.110. The van der Waals surface area contributed by atoms with Crippen molar-refractivity contribution in [1.29, 1.82) is 0 Å². The van der Waals surface area contributed by atoms with Gasteiger partial charge in [-0.15, -0.1) is 11.6 Å². The van der Waals surface area contributed by atoms with Crippen LogP contribution in [0.4, 0.5) is 0 Å². The molecule has 0 fully saturated rings. The maximum atomic E-state index is 6.23. The van der Waals surface area contributed by atoms with E-state index in [1.807, 2.05) is 39.8 Å². The van der Waals surface area contributed by atoms with Crippen molar-refractivity contribution < 1.29 is 4.74 Å². The average molecular weight is 282 g/mol. The zero-order valence-corrected chi connectivity index (χ0v) is 12.6. The zero-order valence-electron chi connectivity index (χ0n) is 11.9. The lowest BCUT2D eigenvalue weighted by Gasteiger charge is -2.15. The van der Waals surface area contributed by atoms with Crippen LogP contribution in [0.1, 0.15) is 37.7 Å². The largest absolute Gasteiger partial charge is 0.377 e. The number of rotatable bonds is 5. The third-order valence-corrected chi connectivity index (χ3v) is 3.20. The number of aromatic nitrogens is 3. The first-order valence-corrected chi connectivity index (χ1v) is 7.06. The maximum Gasteiger partial charge on any atom is 0.160 e. The number of fused-ring (bicyclic) bond motifs is 1. The Bertz CT molecular complexity index is 565. The average Bonchev–Trinajstić information content (AvgIpc) is 2.68. The van der Waals surface area contributed by atoms with E-state index in [9.17, 15) is 0 Å². The molecule has 0 aliphatic carbocycles. The van der Waals surface area contributed by atoms with Gasteiger partial charge in [0.15, 0.2) is 5.65 Å². The fourth-order valence-electron chi connectivity index (χ4n) is 2.19. The Hall–Kier alpha value is -1.13. The summed E-state index contributed by atoms with van der Waals surface area (Å²) in [4.78, 5) is 9.16. The number of halogens is 1. The molecule has 0 saturated heterocycles. The number of alkyl halides is 1. The van der Waals surface area contributed by atoms with Crippen LogP contribution in [0, 0.1) is 6.92 Å². The fraction of sp³-hybridized carbons (Fsp3) is 0.571. The quantitative estimate of drug-likeness (QED) is 0.788. The van der Waals surface area contributed by atoms with E-state index in [4.69, 9.17) is 16.3 Å². The molecular formula is C14H20ClN3O. The van der Waals surface area contributed by atoms with Crippen LogP contribution in [-0.4, -0.2) is 27.2 Å². The van der Waals surface area contributed by atoms with Gasteiger partial charge in [-0.05, 0) is 39.8 Å². The highest BCUT2D eigenvalue weighted by molar-refractivity contribution is 6.20. The molecule has 2 heterocycles. The molecule has 2 rings (SSSR count). The van der Waals surface area contributed by atoms with Crippen LogP contribution >= 0.6 is 11.6 Å². The van der Waals surface area contributed by atoms with E-state index in [0.29, 0.717) is 13.2 Å². The second kappa shape index (κ2) is 5.88. The summed E-state index contributed by atoms with van der Waals surface area (Å²) in [5.74, 6) is 0.848. The predicted molar refractivity (Wildman–Crippen MR) is 77.6 cm³/mol. The fourth-order valence-corrected chi connectivity index (χ4v) is 2.36. The van der Waals surface area contributed by atoms with Gasteiger partial charge >= 0.3 is 0 Å². The van der Waals surface area contributed by atoms with E-state index in [-0.39, 0.29) is 11.5 Å². The summed E-state index contributed by atoms with van der Waals surface area (Å²) in [6.07, 6.45) is 0.110. The molecule has 5 heteroatoms. The molecule has 0 N–H and O–H groups in total. The molecule has 2 unspecified atom stereocenters. The van der Waals surface area contributed by atoms with Gasteiger partial charge in [-0.25, -0.2) is 9.97 Å². The Balaban J connectivity index is 2.47. The van der Waals surface area contributed by atoms with Crippen LogP contribution < -0.4 is 0 Å². The summed E-state index contributed by atoms with van der Waals surface area (Å²) >= 11 is 6.23. The van der Waals surface area contributed by atoms with Gasteiger partial charge < -0.3 is 9.30 Å². The molecule has 0 spiro atoms. The Labute approximate surface area is 118 Å². The summed E-state index contributed by atoms with van der Waals surface area (Å²) in [6.45, 7) is 9.37. The lowest BCUT2D eigenvalue weighted by atomic mass is 10.3. The maximum absolute atomic E-state index is 6.23. The van der Waals surface area contributed by atoms with Crippen molar-refractivity contribution in [3.63, 3.8) is 0 Å². The third kappa shape index (κ3) is 3.07. The van der Waals surface area contributed by atoms with Crippen molar-refractivity contribution in [1.82, 2.24) is 14.5 Å². The predicted octanol–water partition coefficient (Wildman–Crippen LogP) is 3.46. The molecule has 4 nitrogen and oxygen atoms in total. The summed E-state index contributed by atoms with van der Waals surface area (Å²) in [7, 11) is 0. The normalized spacial score (nSPS) is 14.8. The van der Waals surface area contributed by atoms with E-state index in [0.717, 1.165) is 22.7 Å². The van der Waals surface area contributed by atoms with Gasteiger partial charge in [0.1, 0.15) is 11.3 Å². The molecule has 0 aliphatic heterocycles. The van der Waals surface area contributed by atoms with Crippen molar-refractivity contribution in [3.05, 3.63) is 23.7 Å². The van der Waals surface area contributed by atoms with Gasteiger partial charge in [-0.3, -0.25) is 0 Å². The van der Waals surface area contributed by atoms with Crippen LogP contribution in [-0.2, 0) is 11.3 Å².